The van der Waals surface area contributed by atoms with E-state index in [4.69, 9.17) is 0 Å². The molecule has 72 valence electrons. The van der Waals surface area contributed by atoms with Crippen molar-refractivity contribution in [3.63, 3.8) is 0 Å². The van der Waals surface area contributed by atoms with E-state index in [-0.39, 0.29) is 0 Å². The molecule has 0 aliphatic heterocycles. The minimum atomic E-state index is 1.14. The van der Waals surface area contributed by atoms with Gasteiger partial charge in [-0.3, -0.25) is 0 Å². The highest BCUT2D eigenvalue weighted by Gasteiger charge is 1.82. The Balaban J connectivity index is 3.49. The topological polar surface area (TPSA) is 0 Å². The molecule has 0 aliphatic rings. The Hall–Kier alpha value is -1.04. The Bertz CT molecular complexity index is 204. The van der Waals surface area contributed by atoms with Gasteiger partial charge < -0.3 is 0 Å². The third kappa shape index (κ3) is 8.87. The zero-order chi connectivity index (χ0) is 9.94. The lowest BCUT2D eigenvalue weighted by Gasteiger charge is -1.92. The van der Waals surface area contributed by atoms with Crippen LogP contribution in [0.3, 0.4) is 0 Å². The fraction of sp³-hybridized carbons (Fsp3) is 0.385. The maximum absolute atomic E-state index is 3.62. The number of hydrogen-bond donors (Lipinski definition) is 0. The van der Waals surface area contributed by atoms with E-state index in [1.54, 1.807) is 0 Å². The van der Waals surface area contributed by atoms with Gasteiger partial charge in [-0.1, -0.05) is 48.6 Å². The number of hydrogen-bond acceptors (Lipinski definition) is 0. The largest absolute Gasteiger partial charge is 0.0991 e. The third-order valence-electron chi connectivity index (χ3n) is 1.74. The van der Waals surface area contributed by atoms with Crippen LogP contribution in [0.15, 0.2) is 48.6 Å². The molecule has 0 aromatic rings. The molecule has 0 N–H and O–H groups in total. The van der Waals surface area contributed by atoms with Crippen molar-refractivity contribution in [2.45, 2.75) is 33.1 Å². The van der Waals surface area contributed by atoms with E-state index < -0.39 is 0 Å². The molecular weight excluding hydrogens is 156 g/mol. The Morgan fingerprint density at radius 1 is 1.31 bits per heavy atom. The van der Waals surface area contributed by atoms with Gasteiger partial charge in [0.15, 0.2) is 0 Å². The van der Waals surface area contributed by atoms with Crippen LogP contribution in [0.1, 0.15) is 33.1 Å². The summed E-state index contributed by atoms with van der Waals surface area (Å²) in [4.78, 5) is 0. The van der Waals surface area contributed by atoms with Gasteiger partial charge in [-0.2, -0.15) is 0 Å². The van der Waals surface area contributed by atoms with Crippen molar-refractivity contribution in [2.24, 2.45) is 0 Å². The van der Waals surface area contributed by atoms with Crippen molar-refractivity contribution >= 4 is 0 Å². The van der Waals surface area contributed by atoms with Crippen LogP contribution in [0.25, 0.3) is 0 Å². The van der Waals surface area contributed by atoms with Crippen LogP contribution in [0.4, 0.5) is 0 Å². The lowest BCUT2D eigenvalue weighted by molar-refractivity contribution is 0.864. The van der Waals surface area contributed by atoms with Crippen molar-refractivity contribution in [3.8, 4) is 0 Å². The van der Waals surface area contributed by atoms with Crippen molar-refractivity contribution in [1.82, 2.24) is 0 Å². The summed E-state index contributed by atoms with van der Waals surface area (Å²) in [7, 11) is 0. The Labute approximate surface area is 82.4 Å². The standard InChI is InChI=1S/C13H20/c1-4-6-7-8-9-10-12-13(3)11-5-2/h4-7,11-12H,1,8-10H2,2-3H3/b7-6+,11-5+,13-12+. The average molecular weight is 176 g/mol. The predicted octanol–water partition coefficient (Wildman–Crippen LogP) is 4.42. The molecule has 0 atom stereocenters. The van der Waals surface area contributed by atoms with Gasteiger partial charge in [-0.05, 0) is 33.1 Å². The fourth-order valence-corrected chi connectivity index (χ4v) is 1.09. The molecule has 0 aromatic heterocycles. The van der Waals surface area contributed by atoms with Crippen molar-refractivity contribution < 1.29 is 0 Å². The van der Waals surface area contributed by atoms with E-state index in [1.807, 2.05) is 19.1 Å². The maximum Gasteiger partial charge on any atom is -0.0342 e. The highest BCUT2D eigenvalue weighted by Crippen LogP contribution is 2.03. The average Bonchev–Trinajstić information content (AvgIpc) is 2.11. The summed E-state index contributed by atoms with van der Waals surface area (Å²) in [5, 5.41) is 0. The Kier molecular flexibility index (Phi) is 8.33. The van der Waals surface area contributed by atoms with Gasteiger partial charge in [0.05, 0.1) is 0 Å². The van der Waals surface area contributed by atoms with Crippen LogP contribution in [0.2, 0.25) is 0 Å². The molecule has 0 radical (unpaired) electrons. The molecular formula is C13H20. The SMILES string of the molecule is C=C/C=C/CCC/C=C(C)/C=C/C. The van der Waals surface area contributed by atoms with E-state index in [0.717, 1.165) is 12.8 Å². The molecule has 0 saturated heterocycles. The lowest BCUT2D eigenvalue weighted by Crippen LogP contribution is -1.72. The van der Waals surface area contributed by atoms with Crippen molar-refractivity contribution in [3.05, 3.63) is 48.6 Å². The van der Waals surface area contributed by atoms with Gasteiger partial charge in [0, 0.05) is 0 Å². The van der Waals surface area contributed by atoms with E-state index >= 15 is 0 Å². The Morgan fingerprint density at radius 3 is 2.69 bits per heavy atom. The van der Waals surface area contributed by atoms with Gasteiger partial charge in [0.25, 0.3) is 0 Å². The molecule has 13 heavy (non-hydrogen) atoms. The number of unbranched alkanes of at least 4 members (excludes halogenated alkanes) is 2. The summed E-state index contributed by atoms with van der Waals surface area (Å²) in [5.74, 6) is 0. The first-order valence-electron chi connectivity index (χ1n) is 4.88. The summed E-state index contributed by atoms with van der Waals surface area (Å²) in [6, 6.07) is 0. The second-order valence-corrected chi connectivity index (χ2v) is 3.04. The molecule has 0 rings (SSSR count). The minimum Gasteiger partial charge on any atom is -0.0991 e. The highest BCUT2D eigenvalue weighted by molar-refractivity contribution is 5.14. The van der Waals surface area contributed by atoms with E-state index in [0.29, 0.717) is 0 Å². The summed E-state index contributed by atoms with van der Waals surface area (Å²) in [6.45, 7) is 7.81. The minimum absolute atomic E-state index is 1.14. The van der Waals surface area contributed by atoms with E-state index in [9.17, 15) is 0 Å². The first-order valence-corrected chi connectivity index (χ1v) is 4.88. The molecule has 0 nitrogen and oxygen atoms in total. The lowest BCUT2D eigenvalue weighted by atomic mass is 10.1. The molecule has 0 spiro atoms. The number of allylic oxidation sites excluding steroid dienone is 7. The summed E-state index contributed by atoms with van der Waals surface area (Å²) < 4.78 is 0. The number of rotatable bonds is 6. The second-order valence-electron chi connectivity index (χ2n) is 3.04. The normalized spacial score (nSPS) is 12.9. The molecule has 0 bridgehead atoms. The molecule has 0 heterocycles. The van der Waals surface area contributed by atoms with Crippen LogP contribution >= 0.6 is 0 Å². The molecule has 0 unspecified atom stereocenters. The molecule has 0 saturated carbocycles. The van der Waals surface area contributed by atoms with Crippen molar-refractivity contribution in [2.75, 3.05) is 0 Å². The summed E-state index contributed by atoms with van der Waals surface area (Å²) in [6.07, 6.45) is 16.0. The van der Waals surface area contributed by atoms with Gasteiger partial charge in [0.1, 0.15) is 0 Å². The molecule has 0 fully saturated rings. The first kappa shape index (κ1) is 12.0. The van der Waals surface area contributed by atoms with Crippen molar-refractivity contribution in [1.29, 1.82) is 0 Å². The maximum atomic E-state index is 3.62. The molecule has 0 aromatic carbocycles. The van der Waals surface area contributed by atoms with E-state index in [2.05, 4.69) is 37.8 Å². The van der Waals surface area contributed by atoms with Crippen LogP contribution in [0.5, 0.6) is 0 Å². The van der Waals surface area contributed by atoms with Gasteiger partial charge in [0.2, 0.25) is 0 Å². The van der Waals surface area contributed by atoms with Gasteiger partial charge >= 0.3 is 0 Å². The van der Waals surface area contributed by atoms with Crippen LogP contribution < -0.4 is 0 Å². The zero-order valence-electron chi connectivity index (χ0n) is 8.79. The summed E-state index contributed by atoms with van der Waals surface area (Å²) in [5.41, 5.74) is 1.36. The van der Waals surface area contributed by atoms with Gasteiger partial charge in [-0.15, -0.1) is 0 Å². The molecule has 0 heteroatoms. The van der Waals surface area contributed by atoms with Crippen LogP contribution in [0, 0.1) is 0 Å². The van der Waals surface area contributed by atoms with Crippen LogP contribution in [-0.2, 0) is 0 Å². The smallest absolute Gasteiger partial charge is 0.0342 e. The predicted molar refractivity (Wildman–Crippen MR) is 61.8 cm³/mol. The molecule has 0 amide bonds. The second kappa shape index (κ2) is 9.05. The quantitative estimate of drug-likeness (QED) is 0.415. The van der Waals surface area contributed by atoms with Gasteiger partial charge in [-0.25, -0.2) is 0 Å². The zero-order valence-corrected chi connectivity index (χ0v) is 8.79. The summed E-state index contributed by atoms with van der Waals surface area (Å²) >= 11 is 0. The highest BCUT2D eigenvalue weighted by atomic mass is 13.9. The monoisotopic (exact) mass is 176 g/mol. The van der Waals surface area contributed by atoms with Crippen LogP contribution in [-0.4, -0.2) is 0 Å². The third-order valence-corrected chi connectivity index (χ3v) is 1.74. The fourth-order valence-electron chi connectivity index (χ4n) is 1.09. The Morgan fingerprint density at radius 2 is 2.08 bits per heavy atom. The first-order chi connectivity index (χ1) is 6.31. The van der Waals surface area contributed by atoms with E-state index in [1.165, 1.54) is 12.0 Å². The molecule has 0 aliphatic carbocycles.